The second-order valence-electron chi connectivity index (χ2n) is 5.01. The summed E-state index contributed by atoms with van der Waals surface area (Å²) in [6, 6.07) is 10.8. The van der Waals surface area contributed by atoms with Crippen LogP contribution in [0, 0.1) is 0 Å². The Morgan fingerprint density at radius 1 is 1.09 bits per heavy atom. The Bertz CT molecular complexity index is 1340. The number of benzene rings is 2. The van der Waals surface area contributed by atoms with Gasteiger partial charge < -0.3 is 4.42 Å². The maximum absolute atomic E-state index is 8.19. The smallest absolute Gasteiger partial charge is 0.144 e. The van der Waals surface area contributed by atoms with Crippen molar-refractivity contribution in [2.45, 2.75) is 0 Å². The molecule has 5 aromatic rings. The molecule has 3 heterocycles. The van der Waals surface area contributed by atoms with E-state index >= 15 is 0 Å². The first kappa shape index (κ1) is 8.71. The minimum Gasteiger partial charge on any atom is -0.455 e. The minimum atomic E-state index is -0.337. The first-order valence-corrected chi connectivity index (χ1v) is 7.70. The van der Waals surface area contributed by atoms with Gasteiger partial charge in [-0.3, -0.25) is 4.98 Å². The van der Waals surface area contributed by atoms with Crippen LogP contribution in [-0.4, -0.2) is 4.98 Å². The molecule has 22 heavy (non-hydrogen) atoms. The molecule has 0 aliphatic carbocycles. The second-order valence-corrected chi connectivity index (χ2v) is 5.93. The third-order valence-electron chi connectivity index (χ3n) is 3.80. The van der Waals surface area contributed by atoms with Gasteiger partial charge in [0.2, 0.25) is 0 Å². The van der Waals surface area contributed by atoms with Gasteiger partial charge in [0.15, 0.2) is 0 Å². The molecule has 0 radical (unpaired) electrons. The largest absolute Gasteiger partial charge is 0.455 e. The molecule has 0 N–H and O–H groups in total. The standard InChI is InChI=1S/C19H11NOS/c1-2-10-20-15(6-1)13-4-3-5-14-17-16(21-18(13)14)8-7-12-9-11-22-19(12)17/h1-11H/i1D,2D,6D,10D. The van der Waals surface area contributed by atoms with Crippen molar-refractivity contribution in [3.05, 3.63) is 66.1 Å². The van der Waals surface area contributed by atoms with Crippen molar-refractivity contribution in [3.8, 4) is 11.3 Å². The Morgan fingerprint density at radius 3 is 3.09 bits per heavy atom. The second kappa shape index (κ2) is 4.42. The number of nitrogens with zero attached hydrogens (tertiary/aromatic N) is 1. The number of hydrogen-bond acceptors (Lipinski definition) is 3. The number of fused-ring (bicyclic) bond motifs is 5. The Hall–Kier alpha value is -2.65. The van der Waals surface area contributed by atoms with Crippen LogP contribution in [0.3, 0.4) is 0 Å². The molecule has 0 amide bonds. The van der Waals surface area contributed by atoms with Crippen LogP contribution in [0.4, 0.5) is 0 Å². The fraction of sp³-hybridized carbons (Fsp3) is 0. The fourth-order valence-corrected chi connectivity index (χ4v) is 3.80. The van der Waals surface area contributed by atoms with E-state index in [2.05, 4.69) is 11.1 Å². The molecule has 0 fully saturated rings. The molecule has 104 valence electrons. The lowest BCUT2D eigenvalue weighted by atomic mass is 10.1. The number of hydrogen-bond donors (Lipinski definition) is 0. The van der Waals surface area contributed by atoms with E-state index < -0.39 is 0 Å². The van der Waals surface area contributed by atoms with Gasteiger partial charge in [-0.2, -0.15) is 0 Å². The highest BCUT2D eigenvalue weighted by molar-refractivity contribution is 7.18. The van der Waals surface area contributed by atoms with Gasteiger partial charge in [-0.25, -0.2) is 0 Å². The van der Waals surface area contributed by atoms with E-state index in [0.717, 1.165) is 26.4 Å². The summed E-state index contributed by atoms with van der Waals surface area (Å²) >= 11 is 1.65. The molecule has 0 unspecified atom stereocenters. The fourth-order valence-electron chi connectivity index (χ4n) is 2.85. The van der Waals surface area contributed by atoms with Crippen molar-refractivity contribution >= 4 is 43.4 Å². The summed E-state index contributed by atoms with van der Waals surface area (Å²) in [4.78, 5) is 4.09. The van der Waals surface area contributed by atoms with Crippen molar-refractivity contribution in [1.82, 2.24) is 4.98 Å². The van der Waals surface area contributed by atoms with Crippen LogP contribution >= 0.6 is 11.3 Å². The van der Waals surface area contributed by atoms with E-state index in [1.807, 2.05) is 29.6 Å². The summed E-state index contributed by atoms with van der Waals surface area (Å²) in [5, 5.41) is 5.13. The molecule has 2 nitrogen and oxygen atoms in total. The van der Waals surface area contributed by atoms with Crippen LogP contribution < -0.4 is 0 Å². The van der Waals surface area contributed by atoms with Crippen molar-refractivity contribution in [2.75, 3.05) is 0 Å². The average Bonchev–Trinajstić information content (AvgIpc) is 3.26. The Labute approximate surface area is 136 Å². The van der Waals surface area contributed by atoms with Crippen LogP contribution in [0.5, 0.6) is 0 Å². The summed E-state index contributed by atoms with van der Waals surface area (Å²) in [5.41, 5.74) is 2.10. The number of pyridine rings is 1. The number of aromatic nitrogens is 1. The van der Waals surface area contributed by atoms with Gasteiger partial charge in [0.25, 0.3) is 0 Å². The minimum absolute atomic E-state index is 0.166. The van der Waals surface area contributed by atoms with Crippen LogP contribution in [0.25, 0.3) is 43.3 Å². The molecule has 0 aliphatic heterocycles. The van der Waals surface area contributed by atoms with Crippen molar-refractivity contribution in [2.24, 2.45) is 0 Å². The lowest BCUT2D eigenvalue weighted by Crippen LogP contribution is -1.81. The van der Waals surface area contributed by atoms with E-state index in [9.17, 15) is 0 Å². The van der Waals surface area contributed by atoms with Crippen LogP contribution in [-0.2, 0) is 0 Å². The Kier molecular flexibility index (Phi) is 1.75. The molecule has 0 aliphatic rings. The van der Waals surface area contributed by atoms with Gasteiger partial charge in [-0.05, 0) is 47.1 Å². The third kappa shape index (κ3) is 1.57. The highest BCUT2D eigenvalue weighted by atomic mass is 32.1. The van der Waals surface area contributed by atoms with E-state index in [-0.39, 0.29) is 30.0 Å². The summed E-state index contributed by atoms with van der Waals surface area (Å²) in [6.07, 6.45) is -0.310. The lowest BCUT2D eigenvalue weighted by Gasteiger charge is -2.00. The molecular formula is C19H11NOS. The van der Waals surface area contributed by atoms with E-state index in [1.54, 1.807) is 17.4 Å². The van der Waals surface area contributed by atoms with Gasteiger partial charge in [-0.15, -0.1) is 11.3 Å². The van der Waals surface area contributed by atoms with Gasteiger partial charge in [0, 0.05) is 27.2 Å². The highest BCUT2D eigenvalue weighted by Gasteiger charge is 2.15. The quantitative estimate of drug-likeness (QED) is 0.387. The van der Waals surface area contributed by atoms with Gasteiger partial charge in [0.1, 0.15) is 11.2 Å². The van der Waals surface area contributed by atoms with Crippen molar-refractivity contribution < 1.29 is 9.90 Å². The maximum Gasteiger partial charge on any atom is 0.144 e. The molecule has 0 atom stereocenters. The number of furan rings is 1. The third-order valence-corrected chi connectivity index (χ3v) is 4.75. The zero-order valence-electron chi connectivity index (χ0n) is 15.3. The summed E-state index contributed by atoms with van der Waals surface area (Å²) in [7, 11) is 0. The first-order chi connectivity index (χ1) is 12.6. The zero-order chi connectivity index (χ0) is 18.0. The van der Waals surface area contributed by atoms with Crippen LogP contribution in [0.1, 0.15) is 5.48 Å². The number of rotatable bonds is 1. The lowest BCUT2D eigenvalue weighted by molar-refractivity contribution is 0.670. The Balaban J connectivity index is 1.92. The molecular weight excluding hydrogens is 290 g/mol. The van der Waals surface area contributed by atoms with Crippen molar-refractivity contribution in [1.29, 1.82) is 0 Å². The summed E-state index contributed by atoms with van der Waals surface area (Å²) in [6.45, 7) is 0. The van der Waals surface area contributed by atoms with Gasteiger partial charge in [0.05, 0.1) is 11.2 Å². The molecule has 0 saturated heterocycles. The number of para-hydroxylation sites is 1. The summed E-state index contributed by atoms with van der Waals surface area (Å²) < 4.78 is 38.8. The Morgan fingerprint density at radius 2 is 2.09 bits per heavy atom. The molecule has 0 bridgehead atoms. The van der Waals surface area contributed by atoms with Gasteiger partial charge in [-0.1, -0.05) is 18.2 Å². The summed E-state index contributed by atoms with van der Waals surface area (Å²) in [5.74, 6) is 0. The predicted octanol–water partition coefficient (Wildman–Crippen LogP) is 5.86. The predicted molar refractivity (Wildman–Crippen MR) is 92.3 cm³/mol. The maximum atomic E-state index is 8.19. The number of thiophene rings is 1. The average molecular weight is 305 g/mol. The zero-order valence-corrected chi connectivity index (χ0v) is 12.1. The molecule has 2 aromatic carbocycles. The molecule has 3 heteroatoms. The van der Waals surface area contributed by atoms with Crippen LogP contribution in [0.2, 0.25) is 0 Å². The van der Waals surface area contributed by atoms with E-state index in [1.165, 1.54) is 0 Å². The topological polar surface area (TPSA) is 26.0 Å². The normalized spacial score (nSPS) is 14.2. The molecule has 5 rings (SSSR count). The van der Waals surface area contributed by atoms with E-state index in [4.69, 9.17) is 9.90 Å². The SMILES string of the molecule is [2H]c1nc(-c2cccc3c2oc2ccc4ccsc4c23)c([2H])c([2H])c1[2H]. The molecule has 0 spiro atoms. The molecule has 3 aromatic heterocycles. The molecule has 0 saturated carbocycles. The van der Waals surface area contributed by atoms with E-state index in [0.29, 0.717) is 11.1 Å². The van der Waals surface area contributed by atoms with Crippen LogP contribution in [0.15, 0.2) is 70.5 Å². The monoisotopic (exact) mass is 305 g/mol. The van der Waals surface area contributed by atoms with Gasteiger partial charge >= 0.3 is 0 Å². The highest BCUT2D eigenvalue weighted by Crippen LogP contribution is 2.40. The first-order valence-electron chi connectivity index (χ1n) is 8.82. The van der Waals surface area contributed by atoms with Crippen molar-refractivity contribution in [3.63, 3.8) is 0 Å².